The highest BCUT2D eigenvalue weighted by Crippen LogP contribution is 1.90. The first-order valence-electron chi connectivity index (χ1n) is 5.34. The summed E-state index contributed by atoms with van der Waals surface area (Å²) in [5.41, 5.74) is 0. The van der Waals surface area contributed by atoms with Crippen LogP contribution in [0.15, 0.2) is 0 Å². The van der Waals surface area contributed by atoms with E-state index in [-0.39, 0.29) is 18.9 Å². The van der Waals surface area contributed by atoms with Gasteiger partial charge in [-0.2, -0.15) is 0 Å². The van der Waals surface area contributed by atoms with Crippen LogP contribution >= 0.6 is 0 Å². The minimum absolute atomic E-state index is 0.0265. The summed E-state index contributed by atoms with van der Waals surface area (Å²) in [5, 5.41) is 22.9. The summed E-state index contributed by atoms with van der Waals surface area (Å²) in [5.74, 6) is -1.42. The SMILES string of the molecule is CC(C)NCCC(=O)NCCC(O)C(=O)O. The fraction of sp³-hybridized carbons (Fsp3) is 0.800. The molecule has 0 saturated heterocycles. The number of carboxylic acid groups (broad SMARTS) is 1. The van der Waals surface area contributed by atoms with Gasteiger partial charge in [-0.05, 0) is 0 Å². The second kappa shape index (κ2) is 8.06. The molecule has 1 amide bonds. The fourth-order valence-corrected chi connectivity index (χ4v) is 1.03. The Kier molecular flexibility index (Phi) is 7.49. The summed E-state index contributed by atoms with van der Waals surface area (Å²) in [6, 6.07) is 0.335. The van der Waals surface area contributed by atoms with E-state index in [9.17, 15) is 9.59 Å². The summed E-state index contributed by atoms with van der Waals surface area (Å²) in [4.78, 5) is 21.4. The summed E-state index contributed by atoms with van der Waals surface area (Å²) >= 11 is 0. The molecule has 1 atom stereocenters. The van der Waals surface area contributed by atoms with E-state index in [1.54, 1.807) is 0 Å². The quantitative estimate of drug-likeness (QED) is 0.445. The van der Waals surface area contributed by atoms with Gasteiger partial charge in [0.2, 0.25) is 5.91 Å². The monoisotopic (exact) mass is 232 g/mol. The van der Waals surface area contributed by atoms with Crippen LogP contribution in [0.3, 0.4) is 0 Å². The van der Waals surface area contributed by atoms with E-state index in [4.69, 9.17) is 10.2 Å². The van der Waals surface area contributed by atoms with Gasteiger partial charge >= 0.3 is 5.97 Å². The van der Waals surface area contributed by atoms with E-state index in [2.05, 4.69) is 10.6 Å². The van der Waals surface area contributed by atoms with Gasteiger partial charge in [0, 0.05) is 32.0 Å². The number of aliphatic carboxylic acids is 1. The first-order chi connectivity index (χ1) is 7.43. The number of amides is 1. The Morgan fingerprint density at radius 2 is 1.88 bits per heavy atom. The van der Waals surface area contributed by atoms with Gasteiger partial charge in [-0.1, -0.05) is 13.8 Å². The van der Waals surface area contributed by atoms with Crippen molar-refractivity contribution in [1.29, 1.82) is 0 Å². The van der Waals surface area contributed by atoms with Gasteiger partial charge in [0.25, 0.3) is 0 Å². The van der Waals surface area contributed by atoms with Gasteiger partial charge in [0.05, 0.1) is 0 Å². The lowest BCUT2D eigenvalue weighted by Gasteiger charge is -2.09. The number of nitrogens with one attached hydrogen (secondary N) is 2. The Balaban J connectivity index is 3.47. The van der Waals surface area contributed by atoms with Crippen LogP contribution in [0.4, 0.5) is 0 Å². The highest BCUT2D eigenvalue weighted by atomic mass is 16.4. The Bertz CT molecular complexity index is 231. The maximum absolute atomic E-state index is 11.2. The molecule has 0 saturated carbocycles. The third-order valence-corrected chi connectivity index (χ3v) is 1.93. The van der Waals surface area contributed by atoms with Crippen molar-refractivity contribution in [1.82, 2.24) is 10.6 Å². The van der Waals surface area contributed by atoms with Gasteiger partial charge < -0.3 is 20.8 Å². The van der Waals surface area contributed by atoms with Crippen molar-refractivity contribution in [3.8, 4) is 0 Å². The first kappa shape index (κ1) is 14.9. The standard InChI is InChI=1S/C10H20N2O4/c1-7(2)11-6-4-9(14)12-5-3-8(13)10(15)16/h7-8,11,13H,3-6H2,1-2H3,(H,12,14)(H,15,16). The number of hydrogen-bond acceptors (Lipinski definition) is 4. The molecule has 0 rings (SSSR count). The Hall–Kier alpha value is -1.14. The third-order valence-electron chi connectivity index (χ3n) is 1.93. The van der Waals surface area contributed by atoms with Crippen molar-refractivity contribution in [3.05, 3.63) is 0 Å². The van der Waals surface area contributed by atoms with Crippen LogP contribution in [0.2, 0.25) is 0 Å². The molecule has 1 unspecified atom stereocenters. The van der Waals surface area contributed by atoms with Crippen LogP contribution in [0.25, 0.3) is 0 Å². The molecular weight excluding hydrogens is 212 g/mol. The summed E-state index contributed by atoms with van der Waals surface area (Å²) in [6.45, 7) is 4.74. The molecule has 0 bridgehead atoms. The van der Waals surface area contributed by atoms with Crippen LogP contribution in [-0.2, 0) is 9.59 Å². The minimum Gasteiger partial charge on any atom is -0.479 e. The zero-order chi connectivity index (χ0) is 12.6. The maximum Gasteiger partial charge on any atom is 0.332 e. The zero-order valence-corrected chi connectivity index (χ0v) is 9.69. The number of rotatable bonds is 8. The normalized spacial score (nSPS) is 12.5. The van der Waals surface area contributed by atoms with E-state index in [0.29, 0.717) is 19.0 Å². The summed E-state index contributed by atoms with van der Waals surface area (Å²) < 4.78 is 0. The maximum atomic E-state index is 11.2. The van der Waals surface area contributed by atoms with Crippen molar-refractivity contribution in [3.63, 3.8) is 0 Å². The number of aliphatic hydroxyl groups is 1. The van der Waals surface area contributed by atoms with E-state index in [1.165, 1.54) is 0 Å². The van der Waals surface area contributed by atoms with E-state index in [1.807, 2.05) is 13.8 Å². The molecule has 6 heteroatoms. The number of carbonyl (C=O) groups excluding carboxylic acids is 1. The Labute approximate surface area is 95.0 Å². The molecule has 0 aromatic carbocycles. The zero-order valence-electron chi connectivity index (χ0n) is 9.69. The van der Waals surface area contributed by atoms with Crippen LogP contribution in [0, 0.1) is 0 Å². The molecule has 16 heavy (non-hydrogen) atoms. The lowest BCUT2D eigenvalue weighted by Crippen LogP contribution is -2.33. The molecule has 0 aliphatic rings. The van der Waals surface area contributed by atoms with Gasteiger partial charge in [-0.25, -0.2) is 4.79 Å². The second-order valence-electron chi connectivity index (χ2n) is 3.85. The molecule has 0 spiro atoms. The smallest absolute Gasteiger partial charge is 0.332 e. The molecule has 0 aromatic heterocycles. The predicted octanol–water partition coefficient (Wildman–Crippen LogP) is -0.674. The van der Waals surface area contributed by atoms with Crippen molar-refractivity contribution < 1.29 is 19.8 Å². The number of hydrogen-bond donors (Lipinski definition) is 4. The molecule has 0 aliphatic carbocycles. The molecule has 0 fully saturated rings. The highest BCUT2D eigenvalue weighted by molar-refractivity contribution is 5.76. The second-order valence-corrected chi connectivity index (χ2v) is 3.85. The fourth-order valence-electron chi connectivity index (χ4n) is 1.03. The first-order valence-corrected chi connectivity index (χ1v) is 5.34. The largest absolute Gasteiger partial charge is 0.479 e. The Morgan fingerprint density at radius 1 is 1.25 bits per heavy atom. The number of aliphatic hydroxyl groups excluding tert-OH is 1. The van der Waals surface area contributed by atoms with Gasteiger partial charge in [0.1, 0.15) is 0 Å². The lowest BCUT2D eigenvalue weighted by atomic mass is 10.2. The average molecular weight is 232 g/mol. The molecular formula is C10H20N2O4. The summed E-state index contributed by atoms with van der Waals surface area (Å²) in [7, 11) is 0. The molecule has 0 radical (unpaired) electrons. The highest BCUT2D eigenvalue weighted by Gasteiger charge is 2.12. The molecule has 0 aliphatic heterocycles. The van der Waals surface area contributed by atoms with Gasteiger partial charge in [-0.15, -0.1) is 0 Å². The number of carbonyl (C=O) groups is 2. The van der Waals surface area contributed by atoms with Crippen LogP contribution in [0.5, 0.6) is 0 Å². The molecule has 94 valence electrons. The van der Waals surface area contributed by atoms with Crippen molar-refractivity contribution in [2.24, 2.45) is 0 Å². The van der Waals surface area contributed by atoms with E-state index in [0.717, 1.165) is 0 Å². The van der Waals surface area contributed by atoms with Gasteiger partial charge in [-0.3, -0.25) is 4.79 Å². The van der Waals surface area contributed by atoms with E-state index >= 15 is 0 Å². The van der Waals surface area contributed by atoms with Crippen molar-refractivity contribution in [2.45, 2.75) is 38.8 Å². The molecule has 0 aromatic rings. The van der Waals surface area contributed by atoms with Crippen LogP contribution in [-0.4, -0.2) is 47.3 Å². The lowest BCUT2D eigenvalue weighted by molar-refractivity contribution is -0.147. The summed E-state index contributed by atoms with van der Waals surface area (Å²) in [6.07, 6.45) is -1.03. The van der Waals surface area contributed by atoms with Crippen LogP contribution < -0.4 is 10.6 Å². The number of carboxylic acids is 1. The average Bonchev–Trinajstić information content (AvgIpc) is 2.16. The molecule has 6 nitrogen and oxygen atoms in total. The van der Waals surface area contributed by atoms with E-state index < -0.39 is 12.1 Å². The molecule has 0 heterocycles. The topological polar surface area (TPSA) is 98.7 Å². The Morgan fingerprint density at radius 3 is 2.38 bits per heavy atom. The predicted molar refractivity (Wildman–Crippen MR) is 59.0 cm³/mol. The van der Waals surface area contributed by atoms with Crippen molar-refractivity contribution in [2.75, 3.05) is 13.1 Å². The third kappa shape index (κ3) is 8.19. The minimum atomic E-state index is -1.41. The van der Waals surface area contributed by atoms with Crippen molar-refractivity contribution >= 4 is 11.9 Å². The van der Waals surface area contributed by atoms with Gasteiger partial charge in [0.15, 0.2) is 6.10 Å². The molecule has 4 N–H and O–H groups in total. The van der Waals surface area contributed by atoms with Crippen LogP contribution in [0.1, 0.15) is 26.7 Å².